The first-order chi connectivity index (χ1) is 9.90. The molecule has 5 N–H and O–H groups in total. The predicted molar refractivity (Wildman–Crippen MR) is 73.4 cm³/mol. The van der Waals surface area contributed by atoms with E-state index in [0.717, 1.165) is 4.57 Å². The Morgan fingerprint density at radius 3 is 2.67 bits per heavy atom. The van der Waals surface area contributed by atoms with Gasteiger partial charge in [-0.15, -0.1) is 0 Å². The number of nitrogens with zero attached hydrogens (tertiary/aromatic N) is 1. The van der Waals surface area contributed by atoms with Crippen molar-refractivity contribution in [2.75, 3.05) is 6.54 Å². The number of primary amides is 1. The molecule has 2 rings (SSSR count). The molecule has 0 saturated carbocycles. The molecule has 0 bridgehead atoms. The number of carbonyl (C=O) groups is 2. The lowest BCUT2D eigenvalue weighted by Crippen LogP contribution is -2.40. The summed E-state index contributed by atoms with van der Waals surface area (Å²) in [7, 11) is 0. The number of rotatable bonds is 4. The van der Waals surface area contributed by atoms with Gasteiger partial charge in [-0.3, -0.25) is 9.59 Å². The van der Waals surface area contributed by atoms with Crippen LogP contribution in [-0.2, 0) is 6.54 Å². The van der Waals surface area contributed by atoms with Gasteiger partial charge < -0.3 is 25.7 Å². The van der Waals surface area contributed by atoms with Crippen molar-refractivity contribution < 1.29 is 14.7 Å². The zero-order chi connectivity index (χ0) is 15.6. The van der Waals surface area contributed by atoms with E-state index < -0.39 is 23.1 Å². The first-order valence-corrected chi connectivity index (χ1v) is 5.93. The Labute approximate surface area is 117 Å². The Kier molecular flexibility index (Phi) is 3.74. The van der Waals surface area contributed by atoms with Crippen molar-refractivity contribution in [3.05, 3.63) is 44.5 Å². The maximum absolute atomic E-state index is 11.8. The highest BCUT2D eigenvalue weighted by atomic mass is 16.4. The van der Waals surface area contributed by atoms with Crippen molar-refractivity contribution in [1.82, 2.24) is 14.9 Å². The van der Waals surface area contributed by atoms with Gasteiger partial charge in [-0.05, 0) is 18.2 Å². The number of carboxylic acids is 1. The first kappa shape index (κ1) is 14.3. The molecule has 1 aromatic carbocycles. The predicted octanol–water partition coefficient (Wildman–Crippen LogP) is -0.944. The number of amides is 2. The van der Waals surface area contributed by atoms with Crippen molar-refractivity contribution in [3.8, 4) is 0 Å². The summed E-state index contributed by atoms with van der Waals surface area (Å²) in [6.07, 6.45) is 0. The molecule has 0 saturated heterocycles. The van der Waals surface area contributed by atoms with Crippen LogP contribution >= 0.6 is 0 Å². The molecule has 110 valence electrons. The second kappa shape index (κ2) is 5.49. The van der Waals surface area contributed by atoms with Gasteiger partial charge in [-0.25, -0.2) is 9.59 Å². The highest BCUT2D eigenvalue weighted by Crippen LogP contribution is 2.11. The van der Waals surface area contributed by atoms with E-state index in [4.69, 9.17) is 10.8 Å². The highest BCUT2D eigenvalue weighted by molar-refractivity contribution is 5.92. The molecule has 0 aliphatic heterocycles. The number of urea groups is 1. The highest BCUT2D eigenvalue weighted by Gasteiger charge is 2.10. The molecule has 2 aromatic rings. The normalized spacial score (nSPS) is 10.5. The van der Waals surface area contributed by atoms with Crippen LogP contribution in [-0.4, -0.2) is 33.2 Å². The Morgan fingerprint density at radius 2 is 2.05 bits per heavy atom. The Hall–Kier alpha value is -3.10. The zero-order valence-corrected chi connectivity index (χ0v) is 10.8. The van der Waals surface area contributed by atoms with Crippen LogP contribution < -0.4 is 22.2 Å². The fourth-order valence-electron chi connectivity index (χ4n) is 1.93. The number of nitrogens with two attached hydrogens (primary N) is 1. The van der Waals surface area contributed by atoms with E-state index in [2.05, 4.69) is 10.3 Å². The van der Waals surface area contributed by atoms with Crippen molar-refractivity contribution in [1.29, 1.82) is 0 Å². The first-order valence-electron chi connectivity index (χ1n) is 5.93. The number of aromatic amines is 1. The summed E-state index contributed by atoms with van der Waals surface area (Å²) >= 11 is 0. The van der Waals surface area contributed by atoms with Crippen LogP contribution in [0.15, 0.2) is 27.8 Å². The van der Waals surface area contributed by atoms with E-state index in [0.29, 0.717) is 5.52 Å². The number of benzene rings is 1. The topological polar surface area (TPSA) is 147 Å². The summed E-state index contributed by atoms with van der Waals surface area (Å²) in [6, 6.07) is 3.25. The minimum Gasteiger partial charge on any atom is -0.478 e. The molecule has 0 spiro atoms. The van der Waals surface area contributed by atoms with Gasteiger partial charge in [0.05, 0.1) is 16.6 Å². The summed E-state index contributed by atoms with van der Waals surface area (Å²) < 4.78 is 1.15. The van der Waals surface area contributed by atoms with Crippen LogP contribution in [0.2, 0.25) is 0 Å². The summed E-state index contributed by atoms with van der Waals surface area (Å²) in [5, 5.41) is 11.2. The molecule has 0 unspecified atom stereocenters. The molecule has 2 amide bonds. The third-order valence-electron chi connectivity index (χ3n) is 2.86. The number of aromatic carboxylic acids is 1. The smallest absolute Gasteiger partial charge is 0.335 e. The molecule has 9 nitrogen and oxygen atoms in total. The van der Waals surface area contributed by atoms with Crippen molar-refractivity contribution in [3.63, 3.8) is 0 Å². The molecule has 0 aliphatic rings. The molecule has 0 radical (unpaired) electrons. The largest absolute Gasteiger partial charge is 0.478 e. The van der Waals surface area contributed by atoms with Gasteiger partial charge in [0.1, 0.15) is 0 Å². The summed E-state index contributed by atoms with van der Waals surface area (Å²) in [4.78, 5) is 47.3. The number of nitrogens with one attached hydrogen (secondary N) is 2. The van der Waals surface area contributed by atoms with E-state index in [-0.39, 0.29) is 24.2 Å². The maximum atomic E-state index is 11.8. The third-order valence-corrected chi connectivity index (χ3v) is 2.86. The van der Waals surface area contributed by atoms with E-state index in [1.807, 2.05) is 0 Å². The fraction of sp³-hybridized carbons (Fsp3) is 0.167. The minimum atomic E-state index is -1.15. The maximum Gasteiger partial charge on any atom is 0.335 e. The van der Waals surface area contributed by atoms with E-state index in [1.165, 1.54) is 18.2 Å². The molecule has 0 atom stereocenters. The number of carboxylic acid groups (broad SMARTS) is 1. The van der Waals surface area contributed by atoms with Crippen molar-refractivity contribution in [2.45, 2.75) is 6.54 Å². The van der Waals surface area contributed by atoms with E-state index >= 15 is 0 Å². The lowest BCUT2D eigenvalue weighted by Gasteiger charge is -2.10. The number of hydrogen-bond acceptors (Lipinski definition) is 4. The molecular formula is C12H12N4O5. The molecule has 21 heavy (non-hydrogen) atoms. The number of H-pyrrole nitrogens is 1. The van der Waals surface area contributed by atoms with Gasteiger partial charge in [0.15, 0.2) is 0 Å². The van der Waals surface area contributed by atoms with Gasteiger partial charge in [-0.1, -0.05) is 0 Å². The van der Waals surface area contributed by atoms with Crippen molar-refractivity contribution >= 4 is 23.0 Å². The minimum absolute atomic E-state index is 0.0152. The van der Waals surface area contributed by atoms with Crippen LogP contribution in [0, 0.1) is 0 Å². The molecule has 9 heteroatoms. The molecule has 1 heterocycles. The zero-order valence-electron chi connectivity index (χ0n) is 10.8. The summed E-state index contributed by atoms with van der Waals surface area (Å²) in [6.45, 7) is 0.100. The number of carbonyl (C=O) groups excluding carboxylic acids is 1. The number of hydrogen-bond donors (Lipinski definition) is 4. The van der Waals surface area contributed by atoms with Crippen molar-refractivity contribution in [2.24, 2.45) is 5.73 Å². The standard InChI is InChI=1S/C12H12N4O5/c13-12(21)14-3-4-16-8-2-1-6(11(19)20)5-7(8)15-9(17)10(16)18/h1-2,5H,3-4H2,(H,15,17)(H,19,20)(H3,13,14,21). The van der Waals surface area contributed by atoms with E-state index in [1.54, 1.807) is 0 Å². The van der Waals surface area contributed by atoms with Crippen LogP contribution in [0.25, 0.3) is 11.0 Å². The van der Waals surface area contributed by atoms with Gasteiger partial charge >= 0.3 is 23.1 Å². The SMILES string of the molecule is NC(=O)NCCn1c(=O)c(=O)[nH]c2cc(C(=O)O)ccc21. The second-order valence-electron chi connectivity index (χ2n) is 4.24. The average Bonchev–Trinajstić information content (AvgIpc) is 2.42. The molecule has 1 aromatic heterocycles. The molecule has 0 fully saturated rings. The molecule has 0 aliphatic carbocycles. The quantitative estimate of drug-likeness (QED) is 0.537. The third kappa shape index (κ3) is 2.91. The van der Waals surface area contributed by atoms with Crippen LogP contribution in [0.5, 0.6) is 0 Å². The van der Waals surface area contributed by atoms with Crippen LogP contribution in [0.4, 0.5) is 4.79 Å². The summed E-state index contributed by atoms with van der Waals surface area (Å²) in [5.41, 5.74) is 3.82. The second-order valence-corrected chi connectivity index (χ2v) is 4.24. The average molecular weight is 292 g/mol. The van der Waals surface area contributed by atoms with Gasteiger partial charge in [0.25, 0.3) is 0 Å². The van der Waals surface area contributed by atoms with Gasteiger partial charge in [0, 0.05) is 13.1 Å². The fourth-order valence-corrected chi connectivity index (χ4v) is 1.93. The van der Waals surface area contributed by atoms with Gasteiger partial charge in [0.2, 0.25) is 0 Å². The molecular weight excluding hydrogens is 280 g/mol. The Bertz CT molecular complexity index is 836. The van der Waals surface area contributed by atoms with Crippen LogP contribution in [0.3, 0.4) is 0 Å². The lowest BCUT2D eigenvalue weighted by atomic mass is 10.2. The Balaban J connectivity index is 2.54. The number of aromatic nitrogens is 2. The van der Waals surface area contributed by atoms with Gasteiger partial charge in [-0.2, -0.15) is 0 Å². The summed E-state index contributed by atoms with van der Waals surface area (Å²) in [5.74, 6) is -1.15. The lowest BCUT2D eigenvalue weighted by molar-refractivity contribution is 0.0697. The van der Waals surface area contributed by atoms with Crippen LogP contribution in [0.1, 0.15) is 10.4 Å². The number of fused-ring (bicyclic) bond motifs is 1. The Morgan fingerprint density at radius 1 is 1.33 bits per heavy atom. The monoisotopic (exact) mass is 292 g/mol. The van der Waals surface area contributed by atoms with E-state index in [9.17, 15) is 19.2 Å².